The Kier molecular flexibility index (Phi) is 1.20. The molecule has 2 rings (SSSR count). The van der Waals surface area contributed by atoms with E-state index in [2.05, 4.69) is 12.0 Å². The van der Waals surface area contributed by atoms with E-state index in [4.69, 9.17) is 10.8 Å². The predicted molar refractivity (Wildman–Crippen MR) is 43.0 cm³/mol. The van der Waals surface area contributed by atoms with E-state index in [1.165, 1.54) is 0 Å². The summed E-state index contributed by atoms with van der Waals surface area (Å²) < 4.78 is 5.23. The van der Waals surface area contributed by atoms with Crippen molar-refractivity contribution in [1.29, 1.82) is 0 Å². The standard InChI is InChI=1S/C10H5O/c1-2-9-7-8-5-3-4-6-10(8)11-9/h1,3-6H. The molecule has 0 amide bonds. The van der Waals surface area contributed by atoms with Crippen LogP contribution in [0, 0.1) is 18.4 Å². The number of terminal acetylenes is 1. The fourth-order valence-electron chi connectivity index (χ4n) is 0.982. The third kappa shape index (κ3) is 0.890. The summed E-state index contributed by atoms with van der Waals surface area (Å²) in [4.78, 5) is 0. The monoisotopic (exact) mass is 141 g/mol. The summed E-state index contributed by atoms with van der Waals surface area (Å²) in [6.07, 6.45) is 5.14. The van der Waals surface area contributed by atoms with Crippen molar-refractivity contribution in [3.05, 3.63) is 36.1 Å². The van der Waals surface area contributed by atoms with Gasteiger partial charge in [-0.2, -0.15) is 0 Å². The Balaban J connectivity index is 2.81. The van der Waals surface area contributed by atoms with Gasteiger partial charge < -0.3 is 4.42 Å². The minimum Gasteiger partial charge on any atom is -0.447 e. The summed E-state index contributed by atoms with van der Waals surface area (Å²) in [6, 6.07) is 10.6. The van der Waals surface area contributed by atoms with Crippen molar-refractivity contribution in [3.63, 3.8) is 0 Å². The molecule has 1 heterocycles. The smallest absolute Gasteiger partial charge is 0.185 e. The summed E-state index contributed by atoms with van der Waals surface area (Å²) in [5.74, 6) is 2.86. The zero-order valence-electron chi connectivity index (χ0n) is 5.79. The van der Waals surface area contributed by atoms with Crippen LogP contribution in [0.25, 0.3) is 11.0 Å². The van der Waals surface area contributed by atoms with Gasteiger partial charge in [-0.15, -0.1) is 6.42 Å². The van der Waals surface area contributed by atoms with Crippen LogP contribution >= 0.6 is 0 Å². The Morgan fingerprint density at radius 1 is 1.36 bits per heavy atom. The second-order valence-electron chi connectivity index (χ2n) is 2.20. The van der Waals surface area contributed by atoms with Crippen LogP contribution in [0.3, 0.4) is 0 Å². The summed E-state index contributed by atoms with van der Waals surface area (Å²) in [5.41, 5.74) is 0.792. The number of hydrogen-bond acceptors (Lipinski definition) is 1. The minimum atomic E-state index is 0.464. The lowest BCUT2D eigenvalue weighted by Crippen LogP contribution is -1.58. The number of hydrogen-bond donors (Lipinski definition) is 0. The van der Waals surface area contributed by atoms with Crippen LogP contribution in [0.2, 0.25) is 0 Å². The quantitative estimate of drug-likeness (QED) is 0.512. The highest BCUT2D eigenvalue weighted by atomic mass is 16.3. The van der Waals surface area contributed by atoms with Gasteiger partial charge in [0.05, 0.1) is 0 Å². The first-order valence-corrected chi connectivity index (χ1v) is 3.27. The SMILES string of the molecule is C#Cc1[c]c2ccccc2o1. The molecule has 0 spiro atoms. The lowest BCUT2D eigenvalue weighted by atomic mass is 10.2. The normalized spacial score (nSPS) is 9.73. The van der Waals surface area contributed by atoms with Gasteiger partial charge in [0.2, 0.25) is 0 Å². The highest BCUT2D eigenvalue weighted by Crippen LogP contribution is 2.16. The van der Waals surface area contributed by atoms with E-state index in [0.717, 1.165) is 11.0 Å². The molecule has 2 aromatic rings. The maximum Gasteiger partial charge on any atom is 0.185 e. The molecule has 0 bridgehead atoms. The number of para-hydroxylation sites is 1. The molecule has 0 atom stereocenters. The molecule has 0 N–H and O–H groups in total. The summed E-state index contributed by atoms with van der Waals surface area (Å²) >= 11 is 0. The molecule has 0 aliphatic heterocycles. The van der Waals surface area contributed by atoms with Gasteiger partial charge in [0.15, 0.2) is 5.76 Å². The molecule has 1 aromatic heterocycles. The van der Waals surface area contributed by atoms with Crippen molar-refractivity contribution < 1.29 is 4.42 Å². The summed E-state index contributed by atoms with van der Waals surface area (Å²) in [7, 11) is 0. The first kappa shape index (κ1) is 6.06. The maximum atomic E-state index is 5.23. The average Bonchev–Trinajstić information content (AvgIpc) is 2.46. The first-order valence-electron chi connectivity index (χ1n) is 3.27. The fourth-order valence-corrected chi connectivity index (χ4v) is 0.982. The van der Waals surface area contributed by atoms with Crippen LogP contribution in [-0.2, 0) is 0 Å². The minimum absolute atomic E-state index is 0.464. The highest BCUT2D eigenvalue weighted by Gasteiger charge is 1.98. The van der Waals surface area contributed by atoms with Crippen molar-refractivity contribution in [3.8, 4) is 12.3 Å². The topological polar surface area (TPSA) is 13.1 Å². The highest BCUT2D eigenvalue weighted by molar-refractivity contribution is 5.77. The van der Waals surface area contributed by atoms with E-state index in [-0.39, 0.29) is 0 Å². The van der Waals surface area contributed by atoms with Crippen LogP contribution in [0.1, 0.15) is 5.76 Å². The Morgan fingerprint density at radius 3 is 2.91 bits per heavy atom. The number of rotatable bonds is 0. The number of furan rings is 1. The molecule has 51 valence electrons. The van der Waals surface area contributed by atoms with Gasteiger partial charge in [0.25, 0.3) is 0 Å². The van der Waals surface area contributed by atoms with E-state index >= 15 is 0 Å². The molecule has 0 unspecified atom stereocenters. The van der Waals surface area contributed by atoms with Crippen LogP contribution < -0.4 is 0 Å². The molecule has 1 heteroatoms. The zero-order valence-corrected chi connectivity index (χ0v) is 5.79. The molecule has 0 aliphatic rings. The molecule has 11 heavy (non-hydrogen) atoms. The third-order valence-corrected chi connectivity index (χ3v) is 1.48. The van der Waals surface area contributed by atoms with Gasteiger partial charge in [-0.3, -0.25) is 0 Å². The van der Waals surface area contributed by atoms with E-state index in [1.54, 1.807) is 0 Å². The van der Waals surface area contributed by atoms with Gasteiger partial charge in [-0.25, -0.2) is 0 Å². The van der Waals surface area contributed by atoms with Crippen LogP contribution in [-0.4, -0.2) is 0 Å². The van der Waals surface area contributed by atoms with Crippen LogP contribution in [0.5, 0.6) is 0 Å². The molecule has 1 radical (unpaired) electrons. The van der Waals surface area contributed by atoms with Gasteiger partial charge in [0.1, 0.15) is 5.58 Å². The van der Waals surface area contributed by atoms with Gasteiger partial charge in [-0.1, -0.05) is 18.2 Å². The Labute approximate surface area is 64.6 Å². The summed E-state index contributed by atoms with van der Waals surface area (Å²) in [6.45, 7) is 0. The van der Waals surface area contributed by atoms with Crippen molar-refractivity contribution in [2.24, 2.45) is 0 Å². The molecular weight excluding hydrogens is 136 g/mol. The average molecular weight is 141 g/mol. The lowest BCUT2D eigenvalue weighted by Gasteiger charge is -1.81. The molecule has 0 saturated heterocycles. The van der Waals surface area contributed by atoms with Crippen LogP contribution in [0.15, 0.2) is 28.7 Å². The van der Waals surface area contributed by atoms with Crippen molar-refractivity contribution >= 4 is 11.0 Å². The van der Waals surface area contributed by atoms with E-state index < -0.39 is 0 Å². The van der Waals surface area contributed by atoms with E-state index in [0.29, 0.717) is 5.76 Å². The summed E-state index contributed by atoms with van der Waals surface area (Å²) in [5, 5.41) is 0.931. The van der Waals surface area contributed by atoms with E-state index in [9.17, 15) is 0 Å². The Bertz CT molecular complexity index is 385. The van der Waals surface area contributed by atoms with Gasteiger partial charge in [-0.05, 0) is 12.0 Å². The number of fused-ring (bicyclic) bond motifs is 1. The second-order valence-corrected chi connectivity index (χ2v) is 2.20. The number of benzene rings is 1. The van der Waals surface area contributed by atoms with E-state index in [1.807, 2.05) is 24.3 Å². The Morgan fingerprint density at radius 2 is 2.18 bits per heavy atom. The molecular formula is C10H5O. The fraction of sp³-hybridized carbons (Fsp3) is 0. The lowest BCUT2D eigenvalue weighted by molar-refractivity contribution is 0.601. The van der Waals surface area contributed by atoms with Gasteiger partial charge >= 0.3 is 0 Å². The molecule has 1 nitrogen and oxygen atoms in total. The molecule has 1 aromatic carbocycles. The van der Waals surface area contributed by atoms with Crippen molar-refractivity contribution in [2.45, 2.75) is 0 Å². The predicted octanol–water partition coefficient (Wildman–Crippen LogP) is 2.21. The van der Waals surface area contributed by atoms with Crippen molar-refractivity contribution in [1.82, 2.24) is 0 Å². The first-order chi connectivity index (χ1) is 5.40. The van der Waals surface area contributed by atoms with Gasteiger partial charge in [0, 0.05) is 11.5 Å². The second kappa shape index (κ2) is 2.17. The molecule has 0 aliphatic carbocycles. The zero-order chi connectivity index (χ0) is 7.68. The Hall–Kier alpha value is -1.68. The largest absolute Gasteiger partial charge is 0.447 e. The van der Waals surface area contributed by atoms with Crippen molar-refractivity contribution in [2.75, 3.05) is 0 Å². The maximum absolute atomic E-state index is 5.23. The molecule has 0 fully saturated rings. The third-order valence-electron chi connectivity index (χ3n) is 1.48. The van der Waals surface area contributed by atoms with Crippen LogP contribution in [0.4, 0.5) is 0 Å². The molecule has 0 saturated carbocycles.